The van der Waals surface area contributed by atoms with Crippen LogP contribution in [-0.2, 0) is 16.1 Å². The zero-order chi connectivity index (χ0) is 20.2. The molecular weight excluding hydrogens is 409 g/mol. The quantitative estimate of drug-likeness (QED) is 0.378. The van der Waals surface area contributed by atoms with Crippen molar-refractivity contribution in [3.05, 3.63) is 105 Å². The summed E-state index contributed by atoms with van der Waals surface area (Å²) in [5.41, 5.74) is 2.31. The zero-order valence-corrected chi connectivity index (χ0v) is 16.7. The maximum Gasteiger partial charge on any atom is 0.363 e. The molecule has 0 unspecified atom stereocenters. The van der Waals surface area contributed by atoms with E-state index < -0.39 is 5.97 Å². The predicted octanol–water partition coefficient (Wildman–Crippen LogP) is 5.92. The summed E-state index contributed by atoms with van der Waals surface area (Å²) >= 11 is 12.4. The normalized spacial score (nSPS) is 14.6. The Morgan fingerprint density at radius 2 is 1.59 bits per heavy atom. The summed E-state index contributed by atoms with van der Waals surface area (Å²) in [6, 6.07) is 21.9. The molecule has 29 heavy (non-hydrogen) atoms. The van der Waals surface area contributed by atoms with Gasteiger partial charge in [0.05, 0.1) is 10.6 Å². The smallest absolute Gasteiger partial charge is 0.363 e. The maximum absolute atomic E-state index is 12.3. The van der Waals surface area contributed by atoms with Gasteiger partial charge in [0.25, 0.3) is 0 Å². The van der Waals surface area contributed by atoms with E-state index in [2.05, 4.69) is 4.99 Å². The fourth-order valence-corrected chi connectivity index (χ4v) is 3.22. The van der Waals surface area contributed by atoms with Gasteiger partial charge in [-0.15, -0.1) is 0 Å². The molecule has 3 aromatic rings. The third-order valence-electron chi connectivity index (χ3n) is 4.28. The molecule has 0 atom stereocenters. The van der Waals surface area contributed by atoms with Crippen molar-refractivity contribution < 1.29 is 14.3 Å². The number of benzene rings is 3. The van der Waals surface area contributed by atoms with Crippen LogP contribution in [0.15, 0.2) is 83.5 Å². The van der Waals surface area contributed by atoms with Crippen LogP contribution in [0.1, 0.15) is 16.7 Å². The fraction of sp³-hybridized carbons (Fsp3) is 0.0435. The van der Waals surface area contributed by atoms with Crippen molar-refractivity contribution in [2.45, 2.75) is 6.61 Å². The van der Waals surface area contributed by atoms with E-state index in [1.807, 2.05) is 48.5 Å². The molecular formula is C23H15Cl2NO3. The highest BCUT2D eigenvalue weighted by Crippen LogP contribution is 2.27. The molecule has 0 aliphatic carbocycles. The number of aliphatic imine (C=N–C) groups is 1. The van der Waals surface area contributed by atoms with Crippen LogP contribution in [0.4, 0.5) is 0 Å². The summed E-state index contributed by atoms with van der Waals surface area (Å²) in [4.78, 5) is 16.6. The van der Waals surface area contributed by atoms with E-state index in [0.717, 1.165) is 5.56 Å². The molecule has 0 aromatic heterocycles. The third-order valence-corrected chi connectivity index (χ3v) is 4.98. The van der Waals surface area contributed by atoms with Gasteiger partial charge < -0.3 is 9.47 Å². The average molecular weight is 424 g/mol. The molecule has 144 valence electrons. The Morgan fingerprint density at radius 3 is 2.38 bits per heavy atom. The Morgan fingerprint density at radius 1 is 0.897 bits per heavy atom. The second-order valence-corrected chi connectivity index (χ2v) is 7.05. The SMILES string of the molecule is O=C1OC(c2ccccc2Cl)=N/C1=C/c1ccccc1OCc1ccccc1Cl. The molecule has 0 N–H and O–H groups in total. The van der Waals surface area contributed by atoms with Gasteiger partial charge >= 0.3 is 5.97 Å². The highest BCUT2D eigenvalue weighted by atomic mass is 35.5. The van der Waals surface area contributed by atoms with E-state index in [4.69, 9.17) is 32.7 Å². The number of ether oxygens (including phenoxy) is 2. The lowest BCUT2D eigenvalue weighted by Crippen LogP contribution is -2.05. The van der Waals surface area contributed by atoms with Crippen molar-refractivity contribution in [2.75, 3.05) is 0 Å². The van der Waals surface area contributed by atoms with E-state index in [9.17, 15) is 4.79 Å². The minimum absolute atomic E-state index is 0.175. The highest BCUT2D eigenvalue weighted by molar-refractivity contribution is 6.34. The average Bonchev–Trinajstić information content (AvgIpc) is 3.09. The molecule has 0 spiro atoms. The molecule has 1 heterocycles. The Bertz CT molecular complexity index is 1140. The summed E-state index contributed by atoms with van der Waals surface area (Å²) in [5, 5.41) is 1.10. The van der Waals surface area contributed by atoms with Gasteiger partial charge in [0, 0.05) is 16.1 Å². The number of rotatable bonds is 5. The van der Waals surface area contributed by atoms with Gasteiger partial charge in [-0.1, -0.05) is 71.7 Å². The number of nitrogens with zero attached hydrogens (tertiary/aromatic N) is 1. The number of hydrogen-bond donors (Lipinski definition) is 0. The van der Waals surface area contributed by atoms with Crippen molar-refractivity contribution in [3.63, 3.8) is 0 Å². The van der Waals surface area contributed by atoms with Crippen LogP contribution in [0.2, 0.25) is 10.0 Å². The molecule has 3 aromatic carbocycles. The zero-order valence-electron chi connectivity index (χ0n) is 15.1. The van der Waals surface area contributed by atoms with Gasteiger partial charge in [0.1, 0.15) is 12.4 Å². The number of halogens is 2. The van der Waals surface area contributed by atoms with E-state index in [0.29, 0.717) is 33.5 Å². The minimum atomic E-state index is -0.541. The van der Waals surface area contributed by atoms with Gasteiger partial charge in [0.15, 0.2) is 5.70 Å². The standard InChI is InChI=1S/C23H15Cl2NO3/c24-18-10-4-1-8-16(18)14-28-21-12-6-2-7-15(21)13-20-23(27)29-22(26-20)17-9-3-5-11-19(17)25/h1-13H,14H2/b20-13+. The van der Waals surface area contributed by atoms with Crippen LogP contribution in [-0.4, -0.2) is 11.9 Å². The largest absolute Gasteiger partial charge is 0.488 e. The van der Waals surface area contributed by atoms with Gasteiger partial charge in [-0.2, -0.15) is 0 Å². The summed E-state index contributed by atoms with van der Waals surface area (Å²) in [6.45, 7) is 0.304. The van der Waals surface area contributed by atoms with Crippen LogP contribution >= 0.6 is 23.2 Å². The fourth-order valence-electron chi connectivity index (χ4n) is 2.81. The van der Waals surface area contributed by atoms with Gasteiger partial charge in [0.2, 0.25) is 5.90 Å². The highest BCUT2D eigenvalue weighted by Gasteiger charge is 2.25. The number of cyclic esters (lactones) is 1. The number of carbonyl (C=O) groups excluding carboxylic acids is 1. The van der Waals surface area contributed by atoms with Crippen LogP contribution in [0.3, 0.4) is 0 Å². The second-order valence-electron chi connectivity index (χ2n) is 6.23. The molecule has 0 fully saturated rings. The van der Waals surface area contributed by atoms with Crippen molar-refractivity contribution in [1.29, 1.82) is 0 Å². The molecule has 1 aliphatic rings. The first-order chi connectivity index (χ1) is 14.1. The van der Waals surface area contributed by atoms with Gasteiger partial charge in [-0.05, 0) is 30.3 Å². The lowest BCUT2D eigenvalue weighted by molar-refractivity contribution is -0.129. The van der Waals surface area contributed by atoms with Crippen molar-refractivity contribution >= 4 is 41.1 Å². The second kappa shape index (κ2) is 8.52. The van der Waals surface area contributed by atoms with Crippen molar-refractivity contribution in [1.82, 2.24) is 0 Å². The lowest BCUT2D eigenvalue weighted by atomic mass is 10.1. The molecule has 6 heteroatoms. The molecule has 4 nitrogen and oxygen atoms in total. The Kier molecular flexibility index (Phi) is 5.65. The molecule has 0 amide bonds. The summed E-state index contributed by atoms with van der Waals surface area (Å²) < 4.78 is 11.2. The molecule has 1 aliphatic heterocycles. The predicted molar refractivity (Wildman–Crippen MR) is 114 cm³/mol. The molecule has 0 saturated heterocycles. The lowest BCUT2D eigenvalue weighted by Gasteiger charge is -2.10. The Hall–Kier alpha value is -3.08. The Labute approximate surface area is 178 Å². The summed E-state index contributed by atoms with van der Waals surface area (Å²) in [5.74, 6) is 0.247. The number of esters is 1. The number of hydrogen-bond acceptors (Lipinski definition) is 4. The van der Waals surface area contributed by atoms with Crippen molar-refractivity contribution in [2.24, 2.45) is 4.99 Å². The van der Waals surface area contributed by atoms with Gasteiger partial charge in [-0.3, -0.25) is 0 Å². The van der Waals surface area contributed by atoms with E-state index in [-0.39, 0.29) is 11.6 Å². The van der Waals surface area contributed by atoms with Crippen LogP contribution in [0, 0.1) is 0 Å². The maximum atomic E-state index is 12.3. The summed E-state index contributed by atoms with van der Waals surface area (Å²) in [6.07, 6.45) is 1.63. The topological polar surface area (TPSA) is 47.9 Å². The molecule has 0 bridgehead atoms. The van der Waals surface area contributed by atoms with Crippen molar-refractivity contribution in [3.8, 4) is 5.75 Å². The van der Waals surface area contributed by atoms with E-state index >= 15 is 0 Å². The van der Waals surface area contributed by atoms with Gasteiger partial charge in [-0.25, -0.2) is 9.79 Å². The number of carbonyl (C=O) groups is 1. The number of para-hydroxylation sites is 1. The van der Waals surface area contributed by atoms with E-state index in [1.165, 1.54) is 0 Å². The van der Waals surface area contributed by atoms with Crippen LogP contribution in [0.25, 0.3) is 6.08 Å². The van der Waals surface area contributed by atoms with Crippen LogP contribution in [0.5, 0.6) is 5.75 Å². The first kappa shape index (κ1) is 19.2. The summed E-state index contributed by atoms with van der Waals surface area (Å²) in [7, 11) is 0. The van der Waals surface area contributed by atoms with Crippen LogP contribution < -0.4 is 4.74 Å². The molecule has 0 saturated carbocycles. The van der Waals surface area contributed by atoms with E-state index in [1.54, 1.807) is 30.3 Å². The monoisotopic (exact) mass is 423 g/mol. The first-order valence-corrected chi connectivity index (χ1v) is 9.60. The Balaban J connectivity index is 1.61. The molecule has 0 radical (unpaired) electrons. The first-order valence-electron chi connectivity index (χ1n) is 8.84. The molecule has 4 rings (SSSR count). The third kappa shape index (κ3) is 4.34. The minimum Gasteiger partial charge on any atom is -0.488 e.